The van der Waals surface area contributed by atoms with Crippen LogP contribution >= 0.6 is 0 Å². The number of fused-ring (bicyclic) bond motifs is 6. The molecule has 3 heterocycles. The maximum atomic E-state index is 4.93. The van der Waals surface area contributed by atoms with E-state index >= 15 is 0 Å². The van der Waals surface area contributed by atoms with E-state index in [9.17, 15) is 0 Å². The fourth-order valence-corrected chi connectivity index (χ4v) is 5.81. The summed E-state index contributed by atoms with van der Waals surface area (Å²) < 4.78 is 2.51. The van der Waals surface area contributed by atoms with Crippen molar-refractivity contribution in [3.05, 3.63) is 95.7 Å². The lowest BCUT2D eigenvalue weighted by atomic mass is 9.93. The molecule has 2 nitrogen and oxygen atoms in total. The van der Waals surface area contributed by atoms with E-state index in [1.807, 2.05) is 6.20 Å². The number of nitrogens with zero attached hydrogens (tertiary/aromatic N) is 2. The van der Waals surface area contributed by atoms with Crippen LogP contribution in [0.1, 0.15) is 16.7 Å². The second-order valence-electron chi connectivity index (χ2n) is 9.05. The molecule has 7 aromatic rings. The number of aryl methyl sites for hydroxylation is 3. The average Bonchev–Trinajstić information content (AvgIpc) is 3.15. The van der Waals surface area contributed by atoms with E-state index < -0.39 is 0 Å². The summed E-state index contributed by atoms with van der Waals surface area (Å²) >= 11 is 0. The molecular weight excluding hydrogens is 388 g/mol. The highest BCUT2D eigenvalue weighted by atomic mass is 14.9. The van der Waals surface area contributed by atoms with Crippen LogP contribution in [0.15, 0.2) is 79.0 Å². The standard InChI is InChI=1S/C30H22N2/c1-17-14-19(3)29-23(15-17)28-26-21(12-13-31-28)16-22(20-9-5-4-6-10-20)27-25-18(2)8-7-11-24(25)32(29)30(26)27/h4-16H,1-3H3. The van der Waals surface area contributed by atoms with Crippen molar-refractivity contribution >= 4 is 49.0 Å². The Labute approximate surface area is 186 Å². The zero-order chi connectivity index (χ0) is 21.6. The molecule has 7 rings (SSSR count). The monoisotopic (exact) mass is 410 g/mol. The smallest absolute Gasteiger partial charge is 0.0822 e. The average molecular weight is 411 g/mol. The summed E-state index contributed by atoms with van der Waals surface area (Å²) in [6, 6.07) is 26.6. The molecule has 0 atom stereocenters. The Morgan fingerprint density at radius 1 is 0.688 bits per heavy atom. The van der Waals surface area contributed by atoms with Gasteiger partial charge in [0, 0.05) is 27.7 Å². The number of rotatable bonds is 1. The van der Waals surface area contributed by atoms with Crippen molar-refractivity contribution in [2.24, 2.45) is 0 Å². The lowest BCUT2D eigenvalue weighted by Crippen LogP contribution is -1.97. The number of benzene rings is 4. The fraction of sp³-hybridized carbons (Fsp3) is 0.100. The Morgan fingerprint density at radius 2 is 1.53 bits per heavy atom. The highest BCUT2D eigenvalue weighted by Gasteiger charge is 2.23. The molecule has 0 amide bonds. The molecule has 0 aliphatic carbocycles. The van der Waals surface area contributed by atoms with E-state index in [4.69, 9.17) is 4.98 Å². The first-order valence-corrected chi connectivity index (χ1v) is 11.2. The minimum atomic E-state index is 1.10. The van der Waals surface area contributed by atoms with Crippen LogP contribution in [0.25, 0.3) is 60.1 Å². The number of hydrogen-bond donors (Lipinski definition) is 0. The molecule has 0 N–H and O–H groups in total. The van der Waals surface area contributed by atoms with Crippen LogP contribution in [0.5, 0.6) is 0 Å². The number of aromatic nitrogens is 2. The van der Waals surface area contributed by atoms with Gasteiger partial charge in [-0.15, -0.1) is 0 Å². The van der Waals surface area contributed by atoms with Gasteiger partial charge in [-0.3, -0.25) is 4.98 Å². The first-order chi connectivity index (χ1) is 15.6. The van der Waals surface area contributed by atoms with Crippen LogP contribution in [-0.2, 0) is 0 Å². The molecule has 152 valence electrons. The Bertz CT molecular complexity index is 1840. The molecule has 0 spiro atoms. The molecule has 3 aromatic heterocycles. The molecule has 0 bridgehead atoms. The van der Waals surface area contributed by atoms with Crippen molar-refractivity contribution in [2.75, 3.05) is 0 Å². The van der Waals surface area contributed by atoms with Crippen molar-refractivity contribution in [3.8, 4) is 11.1 Å². The van der Waals surface area contributed by atoms with Crippen molar-refractivity contribution in [1.29, 1.82) is 0 Å². The first kappa shape index (κ1) is 17.7. The van der Waals surface area contributed by atoms with Crippen LogP contribution in [0, 0.1) is 20.8 Å². The van der Waals surface area contributed by atoms with Gasteiger partial charge < -0.3 is 4.40 Å². The normalized spacial score (nSPS) is 12.2. The van der Waals surface area contributed by atoms with E-state index in [1.54, 1.807) is 0 Å². The molecule has 0 radical (unpaired) electrons. The molecule has 0 aliphatic heterocycles. The van der Waals surface area contributed by atoms with Gasteiger partial charge in [0.15, 0.2) is 0 Å². The van der Waals surface area contributed by atoms with Gasteiger partial charge in [0.2, 0.25) is 0 Å². The minimum Gasteiger partial charge on any atom is -0.308 e. The van der Waals surface area contributed by atoms with Crippen molar-refractivity contribution in [3.63, 3.8) is 0 Å². The second kappa shape index (κ2) is 6.08. The third kappa shape index (κ3) is 2.12. The highest BCUT2D eigenvalue weighted by molar-refractivity contribution is 6.31. The SMILES string of the molecule is Cc1cc(C)c2c(c1)c1nccc3cc(-c4ccccc4)c4c5c(C)cccc5n2c4c31. The van der Waals surface area contributed by atoms with E-state index in [0.717, 1.165) is 5.52 Å². The van der Waals surface area contributed by atoms with Gasteiger partial charge in [-0.2, -0.15) is 0 Å². The minimum absolute atomic E-state index is 1.10. The van der Waals surface area contributed by atoms with Crippen LogP contribution < -0.4 is 0 Å². The fourth-order valence-electron chi connectivity index (χ4n) is 5.81. The first-order valence-electron chi connectivity index (χ1n) is 11.2. The van der Waals surface area contributed by atoms with Crippen LogP contribution in [0.2, 0.25) is 0 Å². The van der Waals surface area contributed by atoms with E-state index in [-0.39, 0.29) is 0 Å². The van der Waals surface area contributed by atoms with E-state index in [1.165, 1.54) is 71.3 Å². The van der Waals surface area contributed by atoms with Crippen LogP contribution in [-0.4, -0.2) is 9.38 Å². The zero-order valence-electron chi connectivity index (χ0n) is 18.4. The summed E-state index contributed by atoms with van der Waals surface area (Å²) in [6.45, 7) is 6.64. The maximum absolute atomic E-state index is 4.93. The Hall–Kier alpha value is -3.91. The molecule has 0 saturated carbocycles. The summed E-state index contributed by atoms with van der Waals surface area (Å²) in [6.07, 6.45) is 1.96. The van der Waals surface area contributed by atoms with Gasteiger partial charge in [-0.25, -0.2) is 0 Å². The maximum Gasteiger partial charge on any atom is 0.0822 e. The molecule has 2 heteroatoms. The lowest BCUT2D eigenvalue weighted by Gasteiger charge is -2.16. The summed E-state index contributed by atoms with van der Waals surface area (Å²) in [5.74, 6) is 0. The van der Waals surface area contributed by atoms with E-state index in [0.29, 0.717) is 0 Å². The topological polar surface area (TPSA) is 17.3 Å². The van der Waals surface area contributed by atoms with Gasteiger partial charge in [-0.1, -0.05) is 54.1 Å². The van der Waals surface area contributed by atoms with Gasteiger partial charge in [0.25, 0.3) is 0 Å². The number of pyridine rings is 2. The predicted octanol–water partition coefficient (Wildman–Crippen LogP) is 7.98. The third-order valence-electron chi connectivity index (χ3n) is 7.00. The van der Waals surface area contributed by atoms with Crippen LogP contribution in [0.4, 0.5) is 0 Å². The van der Waals surface area contributed by atoms with Crippen molar-refractivity contribution in [2.45, 2.75) is 20.8 Å². The third-order valence-corrected chi connectivity index (χ3v) is 7.00. The number of hydrogen-bond acceptors (Lipinski definition) is 1. The second-order valence-corrected chi connectivity index (χ2v) is 9.05. The van der Waals surface area contributed by atoms with Gasteiger partial charge in [-0.05, 0) is 72.7 Å². The summed E-state index contributed by atoms with van der Waals surface area (Å²) in [5, 5.41) is 6.40. The molecule has 0 aliphatic rings. The molecule has 0 unspecified atom stereocenters. The lowest BCUT2D eigenvalue weighted by molar-refractivity contribution is 1.29. The van der Waals surface area contributed by atoms with Crippen molar-refractivity contribution in [1.82, 2.24) is 9.38 Å². The summed E-state index contributed by atoms with van der Waals surface area (Å²) in [7, 11) is 0. The summed E-state index contributed by atoms with van der Waals surface area (Å²) in [5.41, 5.74) is 11.3. The molecule has 32 heavy (non-hydrogen) atoms. The molecular formula is C30H22N2. The van der Waals surface area contributed by atoms with Crippen LogP contribution in [0.3, 0.4) is 0 Å². The van der Waals surface area contributed by atoms with E-state index in [2.05, 4.69) is 98.0 Å². The summed E-state index contributed by atoms with van der Waals surface area (Å²) in [4.78, 5) is 4.93. The van der Waals surface area contributed by atoms with Gasteiger partial charge in [0.1, 0.15) is 0 Å². The Balaban J connectivity index is 1.92. The predicted molar refractivity (Wildman–Crippen MR) is 136 cm³/mol. The molecule has 0 saturated heterocycles. The van der Waals surface area contributed by atoms with Crippen molar-refractivity contribution < 1.29 is 0 Å². The highest BCUT2D eigenvalue weighted by Crippen LogP contribution is 2.46. The zero-order valence-corrected chi connectivity index (χ0v) is 18.4. The molecule has 4 aromatic carbocycles. The Morgan fingerprint density at radius 3 is 2.38 bits per heavy atom. The largest absolute Gasteiger partial charge is 0.308 e. The quantitative estimate of drug-likeness (QED) is 0.198. The molecule has 0 fully saturated rings. The van der Waals surface area contributed by atoms with Gasteiger partial charge >= 0.3 is 0 Å². The Kier molecular flexibility index (Phi) is 3.37. The van der Waals surface area contributed by atoms with Gasteiger partial charge in [0.05, 0.1) is 22.1 Å².